The summed E-state index contributed by atoms with van der Waals surface area (Å²) in [7, 11) is 1.23. The topological polar surface area (TPSA) is 79.5 Å². The highest BCUT2D eigenvalue weighted by Crippen LogP contribution is 2.33. The number of carbonyl (C=O) groups is 2. The van der Waals surface area contributed by atoms with Gasteiger partial charge in [-0.25, -0.2) is 0 Å². The minimum atomic E-state index is -1.48. The van der Waals surface area contributed by atoms with Gasteiger partial charge in [-0.05, 0) is 24.5 Å². The molecule has 0 radical (unpaired) electrons. The summed E-state index contributed by atoms with van der Waals surface area (Å²) < 4.78 is 4.79. The zero-order chi connectivity index (χ0) is 16.2. The number of ketones is 1. The Kier molecular flexibility index (Phi) is 4.71. The third-order valence-corrected chi connectivity index (χ3v) is 4.11. The number of carbonyl (C=O) groups excluding carboxylic acids is 2. The minimum absolute atomic E-state index is 0.0968. The fraction of sp³-hybridized carbons (Fsp3) is 0.412. The molecular formula is C17H18N2O3. The average Bonchev–Trinajstić information content (AvgIpc) is 2.53. The summed E-state index contributed by atoms with van der Waals surface area (Å²) in [6.07, 6.45) is 0.721. The smallest absolute Gasteiger partial charge is 0.320 e. The quantitative estimate of drug-likeness (QED) is 0.616. The van der Waals surface area contributed by atoms with Crippen LogP contribution in [0, 0.1) is 16.7 Å². The molecule has 0 N–H and O–H groups in total. The number of aliphatic imine (C=N–C) groups is 1. The van der Waals surface area contributed by atoms with E-state index in [1.54, 1.807) is 0 Å². The molecule has 1 unspecified atom stereocenters. The molecule has 1 atom stereocenters. The third-order valence-electron chi connectivity index (χ3n) is 4.11. The van der Waals surface area contributed by atoms with Gasteiger partial charge in [-0.1, -0.05) is 24.3 Å². The molecule has 1 aromatic rings. The van der Waals surface area contributed by atoms with Crippen molar-refractivity contribution >= 4 is 17.5 Å². The van der Waals surface area contributed by atoms with E-state index in [1.165, 1.54) is 14.0 Å². The first-order valence-electron chi connectivity index (χ1n) is 7.13. The molecule has 0 saturated carbocycles. The molecule has 0 fully saturated rings. The van der Waals surface area contributed by atoms with Crippen LogP contribution >= 0.6 is 0 Å². The highest BCUT2D eigenvalue weighted by molar-refractivity contribution is 6.11. The molecule has 1 heterocycles. The molecule has 0 spiro atoms. The normalized spacial score (nSPS) is 15.8. The zero-order valence-corrected chi connectivity index (χ0v) is 12.8. The summed E-state index contributed by atoms with van der Waals surface area (Å²) in [5.41, 5.74) is 1.30. The van der Waals surface area contributed by atoms with Crippen molar-refractivity contribution in [1.82, 2.24) is 0 Å². The molecule has 1 aliphatic rings. The summed E-state index contributed by atoms with van der Waals surface area (Å²) in [6.45, 7) is 1.94. The maximum Gasteiger partial charge on any atom is 0.320 e. The van der Waals surface area contributed by atoms with Gasteiger partial charge in [-0.15, -0.1) is 0 Å². The van der Waals surface area contributed by atoms with Crippen LogP contribution in [0.1, 0.15) is 30.9 Å². The minimum Gasteiger partial charge on any atom is -0.468 e. The van der Waals surface area contributed by atoms with Gasteiger partial charge in [0.25, 0.3) is 0 Å². The summed E-state index contributed by atoms with van der Waals surface area (Å²) in [4.78, 5) is 28.8. The third kappa shape index (κ3) is 2.77. The fourth-order valence-corrected chi connectivity index (χ4v) is 2.78. The monoisotopic (exact) mass is 298 g/mol. The second-order valence-corrected chi connectivity index (χ2v) is 5.38. The number of benzene rings is 1. The van der Waals surface area contributed by atoms with Gasteiger partial charge < -0.3 is 4.74 Å². The number of fused-ring (bicyclic) bond motifs is 1. The summed E-state index contributed by atoms with van der Waals surface area (Å²) in [6, 6.07) is 9.74. The van der Waals surface area contributed by atoms with E-state index >= 15 is 0 Å². The van der Waals surface area contributed by atoms with Crippen LogP contribution in [0.5, 0.6) is 0 Å². The van der Waals surface area contributed by atoms with Gasteiger partial charge in [-0.2, -0.15) is 5.26 Å². The molecule has 5 heteroatoms. The maximum atomic E-state index is 12.2. The van der Waals surface area contributed by atoms with E-state index in [2.05, 4.69) is 4.99 Å². The molecule has 2 rings (SSSR count). The van der Waals surface area contributed by atoms with Gasteiger partial charge in [-0.3, -0.25) is 14.6 Å². The van der Waals surface area contributed by atoms with Crippen LogP contribution in [-0.4, -0.2) is 31.1 Å². The van der Waals surface area contributed by atoms with E-state index in [0.29, 0.717) is 12.3 Å². The van der Waals surface area contributed by atoms with E-state index in [9.17, 15) is 9.59 Å². The van der Waals surface area contributed by atoms with Gasteiger partial charge in [0.15, 0.2) is 0 Å². The lowest BCUT2D eigenvalue weighted by atomic mass is 9.74. The number of nitrogens with zero attached hydrogens (tertiary/aromatic N) is 2. The summed E-state index contributed by atoms with van der Waals surface area (Å²) in [5, 5.41) is 9.07. The molecule has 0 aliphatic carbocycles. The Labute approximate surface area is 129 Å². The van der Waals surface area contributed by atoms with E-state index in [0.717, 1.165) is 17.5 Å². The molecule has 0 saturated heterocycles. The lowest BCUT2D eigenvalue weighted by Crippen LogP contribution is -2.41. The van der Waals surface area contributed by atoms with Gasteiger partial charge >= 0.3 is 5.97 Å². The first-order chi connectivity index (χ1) is 10.5. The molecule has 0 amide bonds. The second-order valence-electron chi connectivity index (χ2n) is 5.38. The molecule has 5 nitrogen and oxygen atoms in total. The van der Waals surface area contributed by atoms with Crippen LogP contribution in [0.25, 0.3) is 0 Å². The first kappa shape index (κ1) is 15.9. The Balaban J connectivity index is 2.44. The number of esters is 1. The van der Waals surface area contributed by atoms with Crippen molar-refractivity contribution in [2.24, 2.45) is 10.4 Å². The Morgan fingerprint density at radius 2 is 2.14 bits per heavy atom. The van der Waals surface area contributed by atoms with Crippen molar-refractivity contribution in [1.29, 1.82) is 5.26 Å². The Hall–Kier alpha value is -2.48. The van der Waals surface area contributed by atoms with Crippen LogP contribution in [0.4, 0.5) is 0 Å². The Morgan fingerprint density at radius 1 is 1.41 bits per heavy atom. The number of Topliss-reactive ketones (excluding diaryl/α,β-unsaturated/α-hetero) is 1. The summed E-state index contributed by atoms with van der Waals surface area (Å²) >= 11 is 0. The lowest BCUT2D eigenvalue weighted by Gasteiger charge is -2.28. The number of hydrogen-bond donors (Lipinski definition) is 0. The van der Waals surface area contributed by atoms with Crippen molar-refractivity contribution < 1.29 is 14.3 Å². The number of methoxy groups -OCH3 is 1. The molecule has 114 valence electrons. The van der Waals surface area contributed by atoms with Crippen molar-refractivity contribution in [3.8, 4) is 6.07 Å². The molecule has 22 heavy (non-hydrogen) atoms. The van der Waals surface area contributed by atoms with Crippen LogP contribution in [-0.2, 0) is 20.7 Å². The van der Waals surface area contributed by atoms with E-state index in [4.69, 9.17) is 10.00 Å². The van der Waals surface area contributed by atoms with Crippen LogP contribution in [0.15, 0.2) is 29.3 Å². The number of rotatable bonds is 5. The molecule has 0 bridgehead atoms. The highest BCUT2D eigenvalue weighted by atomic mass is 16.5. The van der Waals surface area contributed by atoms with Crippen LogP contribution < -0.4 is 0 Å². The molecule has 1 aromatic carbocycles. The number of nitriles is 1. The largest absolute Gasteiger partial charge is 0.468 e. The zero-order valence-electron chi connectivity index (χ0n) is 12.8. The highest BCUT2D eigenvalue weighted by Gasteiger charge is 2.46. The van der Waals surface area contributed by atoms with Gasteiger partial charge in [0.2, 0.25) is 0 Å². The van der Waals surface area contributed by atoms with Gasteiger partial charge in [0.05, 0.1) is 19.6 Å². The Bertz CT molecular complexity index is 673. The predicted molar refractivity (Wildman–Crippen MR) is 81.5 cm³/mol. The van der Waals surface area contributed by atoms with Crippen LogP contribution in [0.2, 0.25) is 0 Å². The van der Waals surface area contributed by atoms with Gasteiger partial charge in [0.1, 0.15) is 11.2 Å². The van der Waals surface area contributed by atoms with E-state index in [-0.39, 0.29) is 18.6 Å². The van der Waals surface area contributed by atoms with Crippen molar-refractivity contribution in [3.05, 3.63) is 35.4 Å². The van der Waals surface area contributed by atoms with Crippen molar-refractivity contribution in [2.45, 2.75) is 26.2 Å². The predicted octanol–water partition coefficient (Wildman–Crippen LogP) is 2.08. The second kappa shape index (κ2) is 6.52. The van der Waals surface area contributed by atoms with Crippen molar-refractivity contribution in [2.75, 3.05) is 13.7 Å². The van der Waals surface area contributed by atoms with E-state index in [1.807, 2.05) is 30.3 Å². The maximum absolute atomic E-state index is 12.2. The Morgan fingerprint density at radius 3 is 2.77 bits per heavy atom. The fourth-order valence-electron chi connectivity index (χ4n) is 2.78. The molecule has 1 aliphatic heterocycles. The van der Waals surface area contributed by atoms with E-state index < -0.39 is 11.4 Å². The van der Waals surface area contributed by atoms with Crippen LogP contribution in [0.3, 0.4) is 0 Å². The number of ether oxygens (including phenoxy) is 1. The average molecular weight is 298 g/mol. The SMILES string of the molecule is COC(=O)C(CC#N)(CC1=NCCc2ccccc21)C(C)=O. The standard InChI is InChI=1S/C17H18N2O3/c1-12(20)17(8-9-18,16(21)22-2)11-15-14-6-4-3-5-13(14)7-10-19-15/h3-6H,7-8,10-11H2,1-2H3. The molecular weight excluding hydrogens is 280 g/mol. The first-order valence-corrected chi connectivity index (χ1v) is 7.13. The number of hydrogen-bond acceptors (Lipinski definition) is 5. The lowest BCUT2D eigenvalue weighted by molar-refractivity contribution is -0.156. The molecule has 0 aromatic heterocycles. The van der Waals surface area contributed by atoms with Gasteiger partial charge in [0, 0.05) is 18.7 Å². The van der Waals surface area contributed by atoms with Crippen molar-refractivity contribution in [3.63, 3.8) is 0 Å². The summed E-state index contributed by atoms with van der Waals surface area (Å²) in [5.74, 6) is -1.04.